The van der Waals surface area contributed by atoms with Crippen LogP contribution in [0.3, 0.4) is 0 Å². The molecular weight excluding hydrogens is 260 g/mol. The molecule has 1 aromatic rings. The predicted molar refractivity (Wildman–Crippen MR) is 73.8 cm³/mol. The van der Waals surface area contributed by atoms with Gasteiger partial charge in [-0.25, -0.2) is 9.69 Å². The van der Waals surface area contributed by atoms with Crippen LogP contribution in [0.25, 0.3) is 0 Å². The molecule has 0 aliphatic carbocycles. The maximum Gasteiger partial charge on any atom is 0.416 e. The van der Waals surface area contributed by atoms with Gasteiger partial charge in [0.15, 0.2) is 0 Å². The molecule has 1 saturated heterocycles. The molecule has 2 rings (SSSR count). The average Bonchev–Trinajstić information content (AvgIpc) is 2.85. The quantitative estimate of drug-likeness (QED) is 0.890. The molecule has 0 saturated carbocycles. The van der Waals surface area contributed by atoms with Crippen LogP contribution in [-0.4, -0.2) is 43.2 Å². The number of hydrogen-bond acceptors (Lipinski definition) is 5. The first kappa shape index (κ1) is 14.2. The number of nitrogens with one attached hydrogen (secondary N) is 1. The van der Waals surface area contributed by atoms with Crippen LogP contribution in [0, 0.1) is 0 Å². The van der Waals surface area contributed by atoms with Gasteiger partial charge in [0.1, 0.15) is 12.4 Å². The molecule has 6 heteroatoms. The Morgan fingerprint density at radius 3 is 2.90 bits per heavy atom. The summed E-state index contributed by atoms with van der Waals surface area (Å²) in [4.78, 5) is 24.4. The van der Waals surface area contributed by atoms with Gasteiger partial charge in [-0.1, -0.05) is 12.1 Å². The van der Waals surface area contributed by atoms with Crippen LogP contribution in [-0.2, 0) is 9.53 Å². The third-order valence-corrected chi connectivity index (χ3v) is 3.05. The second-order valence-electron chi connectivity index (χ2n) is 4.61. The maximum absolute atomic E-state index is 12.0. The van der Waals surface area contributed by atoms with E-state index in [0.717, 1.165) is 10.6 Å². The van der Waals surface area contributed by atoms with Crippen molar-refractivity contribution in [2.75, 3.05) is 25.6 Å². The Morgan fingerprint density at radius 2 is 2.25 bits per heavy atom. The van der Waals surface area contributed by atoms with E-state index in [4.69, 9.17) is 9.47 Å². The van der Waals surface area contributed by atoms with Gasteiger partial charge in [0.05, 0.1) is 19.3 Å². The van der Waals surface area contributed by atoms with Crippen LogP contribution in [0.2, 0.25) is 0 Å². The summed E-state index contributed by atoms with van der Waals surface area (Å²) in [5.74, 6) is 0.481. The summed E-state index contributed by atoms with van der Waals surface area (Å²) in [6.07, 6.45) is -0.341. The van der Waals surface area contributed by atoms with Crippen molar-refractivity contribution in [3.05, 3.63) is 24.3 Å². The number of ether oxygens (including phenoxy) is 2. The van der Waals surface area contributed by atoms with Crippen LogP contribution in [0.5, 0.6) is 5.75 Å². The third kappa shape index (κ3) is 3.20. The number of anilines is 1. The van der Waals surface area contributed by atoms with Gasteiger partial charge in [-0.2, -0.15) is 0 Å². The van der Waals surface area contributed by atoms with Gasteiger partial charge < -0.3 is 14.8 Å². The number of carbonyl (C=O) groups is 2. The summed E-state index contributed by atoms with van der Waals surface area (Å²) in [6.45, 7) is 2.49. The molecule has 0 bridgehead atoms. The molecule has 6 nitrogen and oxygen atoms in total. The van der Waals surface area contributed by atoms with Crippen LogP contribution in [0.1, 0.15) is 13.3 Å². The number of benzene rings is 1. The summed E-state index contributed by atoms with van der Waals surface area (Å²) in [5, 5.41) is 3.21. The molecule has 108 valence electrons. The van der Waals surface area contributed by atoms with Crippen molar-refractivity contribution in [3.8, 4) is 5.75 Å². The summed E-state index contributed by atoms with van der Waals surface area (Å²) in [6, 6.07) is 7.36. The lowest BCUT2D eigenvalue weighted by Crippen LogP contribution is -2.35. The first-order chi connectivity index (χ1) is 9.61. The molecule has 1 atom stereocenters. The molecule has 2 amide bonds. The van der Waals surface area contributed by atoms with E-state index >= 15 is 0 Å². The second kappa shape index (κ2) is 6.27. The summed E-state index contributed by atoms with van der Waals surface area (Å²) >= 11 is 0. The summed E-state index contributed by atoms with van der Waals surface area (Å²) in [5.41, 5.74) is 0.819. The molecule has 1 heterocycles. The molecular formula is C14H18N2O4. The number of cyclic esters (lactones) is 1. The number of hydrogen-bond donors (Lipinski definition) is 1. The summed E-state index contributed by atoms with van der Waals surface area (Å²) in [7, 11) is 1.59. The number of nitrogens with zero attached hydrogens (tertiary/aromatic N) is 1. The van der Waals surface area contributed by atoms with Gasteiger partial charge in [-0.05, 0) is 19.1 Å². The Bertz CT molecular complexity index is 504. The number of imide groups is 1. The van der Waals surface area contributed by atoms with E-state index in [-0.39, 0.29) is 25.0 Å². The van der Waals surface area contributed by atoms with Crippen molar-refractivity contribution >= 4 is 17.7 Å². The van der Waals surface area contributed by atoms with Crippen LogP contribution in [0.15, 0.2) is 24.3 Å². The molecule has 0 aromatic heterocycles. The zero-order valence-corrected chi connectivity index (χ0v) is 11.6. The van der Waals surface area contributed by atoms with E-state index in [2.05, 4.69) is 5.32 Å². The fraction of sp³-hybridized carbons (Fsp3) is 0.429. The SMILES string of the molecule is COc1ccccc1N[C@H](C)CC(=O)N1CCOC1=O. The Labute approximate surface area is 117 Å². The number of amides is 2. The van der Waals surface area contributed by atoms with E-state index in [1.807, 2.05) is 31.2 Å². The highest BCUT2D eigenvalue weighted by Crippen LogP contribution is 2.24. The molecule has 1 N–H and O–H groups in total. The van der Waals surface area contributed by atoms with Gasteiger partial charge >= 0.3 is 6.09 Å². The predicted octanol–water partition coefficient (Wildman–Crippen LogP) is 1.86. The monoisotopic (exact) mass is 278 g/mol. The zero-order valence-electron chi connectivity index (χ0n) is 11.6. The standard InChI is InChI=1S/C14H18N2O4/c1-10(9-13(17)16-7-8-20-14(16)18)15-11-5-3-4-6-12(11)19-2/h3-6,10,15H,7-9H2,1-2H3/t10-/m1/s1. The van der Waals surface area contributed by atoms with Crippen molar-refractivity contribution in [2.45, 2.75) is 19.4 Å². The topological polar surface area (TPSA) is 67.9 Å². The van der Waals surface area contributed by atoms with E-state index in [1.165, 1.54) is 0 Å². The van der Waals surface area contributed by atoms with Gasteiger partial charge in [-0.15, -0.1) is 0 Å². The third-order valence-electron chi connectivity index (χ3n) is 3.05. The number of para-hydroxylation sites is 2. The van der Waals surface area contributed by atoms with Crippen molar-refractivity contribution in [3.63, 3.8) is 0 Å². The lowest BCUT2D eigenvalue weighted by molar-refractivity contribution is -0.127. The Morgan fingerprint density at radius 1 is 1.50 bits per heavy atom. The smallest absolute Gasteiger partial charge is 0.416 e. The van der Waals surface area contributed by atoms with E-state index in [0.29, 0.717) is 12.3 Å². The highest BCUT2D eigenvalue weighted by Gasteiger charge is 2.29. The fourth-order valence-electron chi connectivity index (χ4n) is 2.07. The Hall–Kier alpha value is -2.24. The molecule has 1 fully saturated rings. The van der Waals surface area contributed by atoms with Crippen molar-refractivity contribution in [1.29, 1.82) is 0 Å². The molecule has 1 aliphatic heterocycles. The average molecular weight is 278 g/mol. The highest BCUT2D eigenvalue weighted by molar-refractivity contribution is 5.93. The van der Waals surface area contributed by atoms with Crippen molar-refractivity contribution in [2.24, 2.45) is 0 Å². The van der Waals surface area contributed by atoms with E-state index in [1.54, 1.807) is 7.11 Å². The number of methoxy groups -OCH3 is 1. The minimum Gasteiger partial charge on any atom is -0.495 e. The minimum atomic E-state index is -0.556. The molecule has 0 spiro atoms. The highest BCUT2D eigenvalue weighted by atomic mass is 16.6. The maximum atomic E-state index is 12.0. The lowest BCUT2D eigenvalue weighted by atomic mass is 10.2. The van der Waals surface area contributed by atoms with E-state index < -0.39 is 6.09 Å². The van der Waals surface area contributed by atoms with Crippen molar-refractivity contribution in [1.82, 2.24) is 4.90 Å². The Kier molecular flexibility index (Phi) is 4.45. The first-order valence-corrected chi connectivity index (χ1v) is 6.48. The van der Waals surface area contributed by atoms with E-state index in [9.17, 15) is 9.59 Å². The van der Waals surface area contributed by atoms with Crippen LogP contribution >= 0.6 is 0 Å². The van der Waals surface area contributed by atoms with Crippen LogP contribution in [0.4, 0.5) is 10.5 Å². The van der Waals surface area contributed by atoms with Gasteiger partial charge in [0.2, 0.25) is 5.91 Å². The minimum absolute atomic E-state index is 0.118. The van der Waals surface area contributed by atoms with Crippen LogP contribution < -0.4 is 10.1 Å². The fourth-order valence-corrected chi connectivity index (χ4v) is 2.07. The molecule has 20 heavy (non-hydrogen) atoms. The molecule has 1 aliphatic rings. The van der Waals surface area contributed by atoms with Gasteiger partial charge in [0, 0.05) is 12.5 Å². The number of carbonyl (C=O) groups excluding carboxylic acids is 2. The summed E-state index contributed by atoms with van der Waals surface area (Å²) < 4.78 is 9.98. The second-order valence-corrected chi connectivity index (χ2v) is 4.61. The normalized spacial score (nSPS) is 15.7. The van der Waals surface area contributed by atoms with Gasteiger partial charge in [0.25, 0.3) is 0 Å². The largest absolute Gasteiger partial charge is 0.495 e. The zero-order chi connectivity index (χ0) is 14.5. The number of rotatable bonds is 5. The van der Waals surface area contributed by atoms with Gasteiger partial charge in [-0.3, -0.25) is 4.79 Å². The first-order valence-electron chi connectivity index (χ1n) is 6.48. The molecule has 0 unspecified atom stereocenters. The Balaban J connectivity index is 1.93. The molecule has 1 aromatic carbocycles. The lowest BCUT2D eigenvalue weighted by Gasteiger charge is -2.18. The molecule has 0 radical (unpaired) electrons. The van der Waals surface area contributed by atoms with Crippen molar-refractivity contribution < 1.29 is 19.1 Å².